The summed E-state index contributed by atoms with van der Waals surface area (Å²) in [5.74, 6) is -0.381. The van der Waals surface area contributed by atoms with Crippen LogP contribution in [-0.2, 0) is 9.59 Å². The van der Waals surface area contributed by atoms with Gasteiger partial charge in [0.05, 0.1) is 11.4 Å². The monoisotopic (exact) mass is 404 g/mol. The molecule has 1 heterocycles. The number of carbonyl (C=O) groups excluding carboxylic acids is 2. The number of hydrogen-bond donors (Lipinski definition) is 1. The molecule has 1 saturated heterocycles. The highest BCUT2D eigenvalue weighted by molar-refractivity contribution is 7.99. The number of rotatable bonds is 6. The fraction of sp³-hybridized carbons (Fsp3) is 0.130. The molecule has 0 unspecified atom stereocenters. The van der Waals surface area contributed by atoms with Crippen molar-refractivity contribution in [3.05, 3.63) is 84.9 Å². The van der Waals surface area contributed by atoms with E-state index in [1.165, 1.54) is 21.8 Å². The normalized spacial score (nSPS) is 14.6. The number of amides is 2. The molecule has 0 bridgehead atoms. The van der Waals surface area contributed by atoms with Gasteiger partial charge in [-0.25, -0.2) is 10.0 Å². The highest BCUT2D eigenvalue weighted by Crippen LogP contribution is 2.34. The van der Waals surface area contributed by atoms with Gasteiger partial charge in [-0.05, 0) is 54.6 Å². The molecule has 146 valence electrons. The molecular formula is C23H20N2O3S. The van der Waals surface area contributed by atoms with Crippen molar-refractivity contribution in [3.63, 3.8) is 0 Å². The molecule has 3 aromatic rings. The summed E-state index contributed by atoms with van der Waals surface area (Å²) in [4.78, 5) is 27.3. The molecule has 0 aromatic heterocycles. The SMILES string of the molecule is O=C1C(CCSc2cccc(O)c2)C(=O)N(c2ccccc2)N1c1ccccc1. The molecular weight excluding hydrogens is 384 g/mol. The van der Waals surface area contributed by atoms with Gasteiger partial charge in [0.2, 0.25) is 0 Å². The van der Waals surface area contributed by atoms with Crippen molar-refractivity contribution in [2.24, 2.45) is 5.92 Å². The summed E-state index contributed by atoms with van der Waals surface area (Å²) < 4.78 is 0. The molecule has 6 heteroatoms. The summed E-state index contributed by atoms with van der Waals surface area (Å²) in [6.07, 6.45) is 0.421. The van der Waals surface area contributed by atoms with E-state index in [0.29, 0.717) is 23.5 Å². The Morgan fingerprint density at radius 1 is 0.759 bits per heavy atom. The molecule has 1 aliphatic rings. The Labute approximate surface area is 173 Å². The van der Waals surface area contributed by atoms with Crippen LogP contribution in [0.5, 0.6) is 5.75 Å². The molecule has 0 atom stereocenters. The minimum atomic E-state index is -0.736. The predicted molar refractivity (Wildman–Crippen MR) is 115 cm³/mol. The van der Waals surface area contributed by atoms with E-state index in [9.17, 15) is 14.7 Å². The summed E-state index contributed by atoms with van der Waals surface area (Å²) in [6, 6.07) is 25.4. The number of aromatic hydroxyl groups is 1. The average molecular weight is 404 g/mol. The van der Waals surface area contributed by atoms with Gasteiger partial charge >= 0.3 is 0 Å². The second kappa shape index (κ2) is 8.41. The lowest BCUT2D eigenvalue weighted by Gasteiger charge is -2.27. The van der Waals surface area contributed by atoms with Gasteiger partial charge in [0.25, 0.3) is 11.8 Å². The summed E-state index contributed by atoms with van der Waals surface area (Å²) in [6.45, 7) is 0. The molecule has 5 nitrogen and oxygen atoms in total. The lowest BCUT2D eigenvalue weighted by atomic mass is 10.1. The molecule has 0 radical (unpaired) electrons. The summed E-state index contributed by atoms with van der Waals surface area (Å²) in [5.41, 5.74) is 1.33. The van der Waals surface area contributed by atoms with Crippen LogP contribution in [0.2, 0.25) is 0 Å². The molecule has 1 N–H and O–H groups in total. The van der Waals surface area contributed by atoms with E-state index in [1.807, 2.05) is 66.7 Å². The summed E-state index contributed by atoms with van der Waals surface area (Å²) in [5, 5.41) is 12.5. The van der Waals surface area contributed by atoms with E-state index in [-0.39, 0.29) is 17.6 Å². The maximum absolute atomic E-state index is 13.2. The number of para-hydroxylation sites is 2. The summed E-state index contributed by atoms with van der Waals surface area (Å²) >= 11 is 1.52. The minimum Gasteiger partial charge on any atom is -0.508 e. The van der Waals surface area contributed by atoms with Gasteiger partial charge in [0.15, 0.2) is 0 Å². The number of carbonyl (C=O) groups is 2. The van der Waals surface area contributed by atoms with Crippen LogP contribution in [-0.4, -0.2) is 22.7 Å². The van der Waals surface area contributed by atoms with E-state index < -0.39 is 5.92 Å². The third-order valence-electron chi connectivity index (χ3n) is 4.71. The number of benzene rings is 3. The van der Waals surface area contributed by atoms with Crippen LogP contribution >= 0.6 is 11.8 Å². The van der Waals surface area contributed by atoms with Gasteiger partial charge in [0.1, 0.15) is 11.7 Å². The predicted octanol–water partition coefficient (Wildman–Crippen LogP) is 4.49. The topological polar surface area (TPSA) is 60.9 Å². The van der Waals surface area contributed by atoms with Crippen LogP contribution in [0.15, 0.2) is 89.8 Å². The van der Waals surface area contributed by atoms with Crippen LogP contribution in [0, 0.1) is 5.92 Å². The second-order valence-corrected chi connectivity index (χ2v) is 7.83. The van der Waals surface area contributed by atoms with Gasteiger partial charge in [0, 0.05) is 4.90 Å². The fourth-order valence-corrected chi connectivity index (χ4v) is 4.30. The molecule has 1 aliphatic heterocycles. The number of hydrazine groups is 1. The molecule has 0 aliphatic carbocycles. The maximum atomic E-state index is 13.2. The number of phenolic OH excluding ortho intramolecular Hbond substituents is 1. The highest BCUT2D eigenvalue weighted by atomic mass is 32.2. The van der Waals surface area contributed by atoms with Crippen molar-refractivity contribution in [2.45, 2.75) is 11.3 Å². The molecule has 1 fully saturated rings. The number of anilines is 2. The van der Waals surface area contributed by atoms with E-state index in [1.54, 1.807) is 18.2 Å². The van der Waals surface area contributed by atoms with Crippen molar-refractivity contribution in [1.82, 2.24) is 0 Å². The van der Waals surface area contributed by atoms with Gasteiger partial charge in [-0.3, -0.25) is 9.59 Å². The first-order valence-electron chi connectivity index (χ1n) is 9.35. The van der Waals surface area contributed by atoms with Crippen LogP contribution < -0.4 is 10.0 Å². The number of thioether (sulfide) groups is 1. The Bertz CT molecular complexity index is 953. The Morgan fingerprint density at radius 2 is 1.31 bits per heavy atom. The van der Waals surface area contributed by atoms with E-state index >= 15 is 0 Å². The zero-order valence-electron chi connectivity index (χ0n) is 15.6. The van der Waals surface area contributed by atoms with Crippen molar-refractivity contribution >= 4 is 35.0 Å². The molecule has 0 saturated carbocycles. The first-order valence-corrected chi connectivity index (χ1v) is 10.3. The van der Waals surface area contributed by atoms with Crippen LogP contribution in [0.3, 0.4) is 0 Å². The molecule has 2 amide bonds. The summed E-state index contributed by atoms with van der Waals surface area (Å²) in [7, 11) is 0. The Morgan fingerprint density at radius 3 is 1.83 bits per heavy atom. The number of phenols is 1. The molecule has 3 aromatic carbocycles. The Kier molecular flexibility index (Phi) is 5.53. The van der Waals surface area contributed by atoms with E-state index in [0.717, 1.165) is 4.90 Å². The van der Waals surface area contributed by atoms with Crippen LogP contribution in [0.4, 0.5) is 11.4 Å². The van der Waals surface area contributed by atoms with Gasteiger partial charge < -0.3 is 5.11 Å². The van der Waals surface area contributed by atoms with Crippen molar-refractivity contribution in [1.29, 1.82) is 0 Å². The van der Waals surface area contributed by atoms with Crippen molar-refractivity contribution in [2.75, 3.05) is 15.8 Å². The van der Waals surface area contributed by atoms with Crippen molar-refractivity contribution < 1.29 is 14.7 Å². The van der Waals surface area contributed by atoms with Gasteiger partial charge in [-0.2, -0.15) is 0 Å². The standard InChI is InChI=1S/C23H20N2O3S/c26-19-12-7-13-20(16-19)29-15-14-21-22(27)24(17-8-3-1-4-9-17)25(23(21)28)18-10-5-2-6-11-18/h1-13,16,21,26H,14-15H2. The van der Waals surface area contributed by atoms with Gasteiger partial charge in [-0.1, -0.05) is 42.5 Å². The zero-order valence-corrected chi connectivity index (χ0v) is 16.5. The Hall–Kier alpha value is -3.25. The third kappa shape index (κ3) is 3.98. The molecule has 29 heavy (non-hydrogen) atoms. The quantitative estimate of drug-likeness (QED) is 0.486. The first kappa shape index (κ1) is 19.1. The van der Waals surface area contributed by atoms with E-state index in [4.69, 9.17) is 0 Å². The fourth-order valence-electron chi connectivity index (χ4n) is 3.34. The highest BCUT2D eigenvalue weighted by Gasteiger charge is 2.46. The average Bonchev–Trinajstić information content (AvgIpc) is 3.00. The third-order valence-corrected chi connectivity index (χ3v) is 5.74. The largest absolute Gasteiger partial charge is 0.508 e. The smallest absolute Gasteiger partial charge is 0.258 e. The number of nitrogens with zero attached hydrogens (tertiary/aromatic N) is 2. The zero-order chi connectivity index (χ0) is 20.2. The first-order chi connectivity index (χ1) is 14.1. The van der Waals surface area contributed by atoms with E-state index in [2.05, 4.69) is 0 Å². The lowest BCUT2D eigenvalue weighted by Crippen LogP contribution is -2.41. The van der Waals surface area contributed by atoms with Crippen molar-refractivity contribution in [3.8, 4) is 5.75 Å². The van der Waals surface area contributed by atoms with Crippen LogP contribution in [0.25, 0.3) is 0 Å². The lowest BCUT2D eigenvalue weighted by molar-refractivity contribution is -0.127. The Balaban J connectivity index is 1.57. The second-order valence-electron chi connectivity index (χ2n) is 6.66. The number of hydrogen-bond acceptors (Lipinski definition) is 4. The van der Waals surface area contributed by atoms with Crippen LogP contribution in [0.1, 0.15) is 6.42 Å². The van der Waals surface area contributed by atoms with Gasteiger partial charge in [-0.15, -0.1) is 11.8 Å². The minimum absolute atomic E-state index is 0.202. The molecule has 4 rings (SSSR count). The molecule has 0 spiro atoms. The maximum Gasteiger partial charge on any atom is 0.258 e.